The lowest BCUT2D eigenvalue weighted by Crippen LogP contribution is -2.41. The van der Waals surface area contributed by atoms with Crippen LogP contribution in [-0.2, 0) is 20.1 Å². The van der Waals surface area contributed by atoms with Crippen LogP contribution in [0.4, 0.5) is 0 Å². The summed E-state index contributed by atoms with van der Waals surface area (Å²) in [4.78, 5) is 20.6. The molecule has 13 rings (SSSR count). The van der Waals surface area contributed by atoms with Crippen LogP contribution in [0.5, 0.6) is 0 Å². The number of benzene rings is 6. The van der Waals surface area contributed by atoms with Gasteiger partial charge in [-0.25, -0.2) is 9.97 Å². The third-order valence-corrected chi connectivity index (χ3v) is 17.1. The summed E-state index contributed by atoms with van der Waals surface area (Å²) >= 11 is 3.65. The Hall–Kier alpha value is -6.06. The van der Waals surface area contributed by atoms with Crippen LogP contribution in [0.1, 0.15) is 103 Å². The molecule has 6 aromatic carbocycles. The van der Waals surface area contributed by atoms with Crippen LogP contribution >= 0.6 is 15.9 Å². The van der Waals surface area contributed by atoms with Crippen molar-refractivity contribution in [3.63, 3.8) is 0 Å². The monoisotopic (exact) mass is 952 g/mol. The zero-order valence-corrected chi connectivity index (χ0v) is 41.7. The van der Waals surface area contributed by atoms with Crippen molar-refractivity contribution in [1.82, 2.24) is 19.9 Å². The quantitative estimate of drug-likeness (QED) is 0.126. The normalized spacial score (nSPS) is 16.9. The molecular weight excluding hydrogens is 899 g/mol. The summed E-state index contributed by atoms with van der Waals surface area (Å²) in [6.45, 7) is 17.5. The Morgan fingerprint density at radius 1 is 0.426 bits per heavy atom. The lowest BCUT2D eigenvalue weighted by molar-refractivity contribution is 0.00578. The standard InChI is InChI=1S/C33H33BN2O2.C27H21BrN2/c1-7-33(8-2)26-17-20(34-37-31(3,4)32(5,6)38-34)19-35-29(26)30-27(33)18-25-23-15-10-9-13-21(23)22-14-11-12-16-24(22)28(25)36-30;1-3-27(4-2)22-13-16(28)15-29-25(22)26-23(27)14-21-19-11-6-5-9-17(19)18-10-7-8-12-20(18)24(21)30-26/h9-19H,7-8H2,1-6H3;5-15H,3-4H2,1-2H3. The molecule has 0 bridgehead atoms. The zero-order chi connectivity index (χ0) is 46.9. The van der Waals surface area contributed by atoms with Gasteiger partial charge in [-0.1, -0.05) is 131 Å². The van der Waals surface area contributed by atoms with Gasteiger partial charge in [0.2, 0.25) is 0 Å². The van der Waals surface area contributed by atoms with Crippen molar-refractivity contribution >= 4 is 93.4 Å². The minimum atomic E-state index is -0.437. The van der Waals surface area contributed by atoms with Gasteiger partial charge in [-0.15, -0.1) is 0 Å². The predicted molar refractivity (Wildman–Crippen MR) is 286 cm³/mol. The van der Waals surface area contributed by atoms with Crippen LogP contribution in [0.2, 0.25) is 0 Å². The minimum Gasteiger partial charge on any atom is -0.399 e. The molecule has 0 radical (unpaired) electrons. The first kappa shape index (κ1) is 43.2. The Morgan fingerprint density at radius 3 is 1.18 bits per heavy atom. The Morgan fingerprint density at radius 2 is 0.765 bits per heavy atom. The highest BCUT2D eigenvalue weighted by Gasteiger charge is 2.53. The van der Waals surface area contributed by atoms with E-state index in [1.165, 1.54) is 76.1 Å². The molecule has 3 aliphatic rings. The molecule has 8 heteroatoms. The van der Waals surface area contributed by atoms with Gasteiger partial charge in [-0.3, -0.25) is 9.97 Å². The molecule has 0 saturated carbocycles. The lowest BCUT2D eigenvalue weighted by atomic mass is 9.71. The number of pyridine rings is 4. The van der Waals surface area contributed by atoms with Crippen molar-refractivity contribution in [2.24, 2.45) is 0 Å². The molecule has 0 atom stereocenters. The van der Waals surface area contributed by atoms with Crippen LogP contribution < -0.4 is 5.46 Å². The number of aromatic nitrogens is 4. The van der Waals surface area contributed by atoms with Gasteiger partial charge in [0.25, 0.3) is 0 Å². The summed E-state index contributed by atoms with van der Waals surface area (Å²) < 4.78 is 13.8. The van der Waals surface area contributed by atoms with Crippen molar-refractivity contribution in [2.75, 3.05) is 0 Å². The molecule has 6 nitrogen and oxygen atoms in total. The van der Waals surface area contributed by atoms with Crippen molar-refractivity contribution in [1.29, 1.82) is 0 Å². The maximum atomic E-state index is 6.40. The summed E-state index contributed by atoms with van der Waals surface area (Å²) in [5.41, 5.74) is 11.3. The van der Waals surface area contributed by atoms with E-state index in [2.05, 4.69) is 193 Å². The number of rotatable bonds is 5. The second-order valence-electron chi connectivity index (χ2n) is 20.1. The maximum absolute atomic E-state index is 6.40. The molecule has 0 amide bonds. The van der Waals surface area contributed by atoms with E-state index in [1.807, 2.05) is 12.4 Å². The smallest absolute Gasteiger partial charge is 0.399 e. The van der Waals surface area contributed by atoms with Gasteiger partial charge in [0.15, 0.2) is 0 Å². The third-order valence-electron chi connectivity index (χ3n) is 16.6. The summed E-state index contributed by atoms with van der Waals surface area (Å²) in [7, 11) is -0.437. The van der Waals surface area contributed by atoms with Gasteiger partial charge in [0.1, 0.15) is 0 Å². The first-order chi connectivity index (χ1) is 32.9. The molecule has 68 heavy (non-hydrogen) atoms. The van der Waals surface area contributed by atoms with E-state index in [4.69, 9.17) is 29.2 Å². The number of hydrogen-bond donors (Lipinski definition) is 0. The van der Waals surface area contributed by atoms with Crippen molar-refractivity contribution < 1.29 is 9.31 Å². The molecule has 0 N–H and O–H groups in total. The molecular formula is C60H54BBrN4O2. The topological polar surface area (TPSA) is 70.0 Å². The lowest BCUT2D eigenvalue weighted by Gasteiger charge is -2.32. The number of hydrogen-bond acceptors (Lipinski definition) is 6. The second kappa shape index (κ2) is 15.5. The number of nitrogens with zero attached hydrogens (tertiary/aromatic N) is 4. The molecule has 0 spiro atoms. The number of halogens is 1. The average molecular weight is 954 g/mol. The Kier molecular flexibility index (Phi) is 9.84. The van der Waals surface area contributed by atoms with E-state index in [1.54, 1.807) is 0 Å². The van der Waals surface area contributed by atoms with E-state index in [0.717, 1.165) is 69.4 Å². The first-order valence-corrected chi connectivity index (χ1v) is 25.2. The SMILES string of the molecule is CCC1(CC)c2cc(B3OC(C)(C)C(C)(C)O3)cnc2-c2nc3c4ccccc4c4ccccc4c3cc21.CCC1(CC)c2cc(Br)cnc2-c2nc3c4ccccc4c4ccccc4c3cc21. The third kappa shape index (κ3) is 5.96. The second-order valence-corrected chi connectivity index (χ2v) is 21.0. The fourth-order valence-electron chi connectivity index (χ4n) is 12.1. The molecule has 1 aliphatic heterocycles. The van der Waals surface area contributed by atoms with E-state index in [0.29, 0.717) is 0 Å². The molecule has 1 fully saturated rings. The Balaban J connectivity index is 0.000000145. The van der Waals surface area contributed by atoms with Gasteiger partial charge in [-0.05, 0) is 142 Å². The fraction of sp³-hybridized carbons (Fsp3) is 0.267. The zero-order valence-electron chi connectivity index (χ0n) is 40.1. The molecule has 5 heterocycles. The Bertz CT molecular complexity index is 3730. The largest absolute Gasteiger partial charge is 0.496 e. The van der Waals surface area contributed by atoms with Gasteiger partial charge in [0, 0.05) is 54.7 Å². The van der Waals surface area contributed by atoms with E-state index >= 15 is 0 Å². The highest BCUT2D eigenvalue weighted by molar-refractivity contribution is 9.10. The van der Waals surface area contributed by atoms with Crippen LogP contribution in [0.25, 0.3) is 87.7 Å². The van der Waals surface area contributed by atoms with Crippen LogP contribution in [0.3, 0.4) is 0 Å². The minimum absolute atomic E-state index is 0.0462. The van der Waals surface area contributed by atoms with Crippen LogP contribution in [0, 0.1) is 0 Å². The highest BCUT2D eigenvalue weighted by Crippen LogP contribution is 2.55. The molecule has 336 valence electrons. The Labute approximate surface area is 406 Å². The van der Waals surface area contributed by atoms with Crippen LogP contribution in [-0.4, -0.2) is 38.3 Å². The van der Waals surface area contributed by atoms with Crippen molar-refractivity contribution in [3.05, 3.63) is 160 Å². The summed E-state index contributed by atoms with van der Waals surface area (Å²) in [6, 6.07) is 44.0. The first-order valence-electron chi connectivity index (χ1n) is 24.4. The van der Waals surface area contributed by atoms with E-state index in [9.17, 15) is 0 Å². The number of fused-ring (bicyclic) bond motifs is 18. The van der Waals surface area contributed by atoms with Gasteiger partial charge in [0.05, 0.1) is 45.0 Å². The molecule has 4 aromatic heterocycles. The maximum Gasteiger partial charge on any atom is 0.496 e. The predicted octanol–water partition coefficient (Wildman–Crippen LogP) is 15.1. The van der Waals surface area contributed by atoms with E-state index < -0.39 is 18.3 Å². The van der Waals surface area contributed by atoms with Crippen LogP contribution in [0.15, 0.2) is 138 Å². The fourth-order valence-corrected chi connectivity index (χ4v) is 12.5. The summed E-state index contributed by atoms with van der Waals surface area (Å²) in [5.74, 6) is 0. The highest BCUT2D eigenvalue weighted by atomic mass is 79.9. The van der Waals surface area contributed by atoms with Crippen molar-refractivity contribution in [2.45, 2.75) is 103 Å². The molecule has 10 aromatic rings. The van der Waals surface area contributed by atoms with Gasteiger partial charge in [-0.2, -0.15) is 0 Å². The van der Waals surface area contributed by atoms with Gasteiger partial charge >= 0.3 is 7.12 Å². The molecule has 1 saturated heterocycles. The molecule has 2 aliphatic carbocycles. The average Bonchev–Trinajstić information content (AvgIpc) is 3.89. The molecule has 0 unspecified atom stereocenters. The van der Waals surface area contributed by atoms with Crippen molar-refractivity contribution in [3.8, 4) is 22.8 Å². The summed E-state index contributed by atoms with van der Waals surface area (Å²) in [6.07, 6.45) is 7.82. The summed E-state index contributed by atoms with van der Waals surface area (Å²) in [5, 5.41) is 12.4. The van der Waals surface area contributed by atoms with Gasteiger partial charge < -0.3 is 9.31 Å². The van der Waals surface area contributed by atoms with E-state index in [-0.39, 0.29) is 10.8 Å².